The highest BCUT2D eigenvalue weighted by atomic mass is 16.3. The highest BCUT2D eigenvalue weighted by Crippen LogP contribution is 2.37. The average Bonchev–Trinajstić information content (AvgIpc) is 2.25. The number of rotatable bonds is 1. The van der Waals surface area contributed by atoms with Crippen LogP contribution >= 0.6 is 0 Å². The van der Waals surface area contributed by atoms with Crippen LogP contribution in [0.3, 0.4) is 0 Å². The van der Waals surface area contributed by atoms with E-state index in [0.717, 1.165) is 5.56 Å². The Kier molecular flexibility index (Phi) is 2.44. The molecule has 0 aliphatic carbocycles. The fourth-order valence-electron chi connectivity index (χ4n) is 1.67. The first-order valence-corrected chi connectivity index (χ1v) is 4.90. The van der Waals surface area contributed by atoms with Crippen molar-refractivity contribution in [2.45, 2.75) is 6.92 Å². The van der Waals surface area contributed by atoms with E-state index in [0.29, 0.717) is 11.1 Å². The van der Waals surface area contributed by atoms with Gasteiger partial charge in [-0.3, -0.25) is 0 Å². The summed E-state index contributed by atoms with van der Waals surface area (Å²) < 4.78 is 0. The zero-order chi connectivity index (χ0) is 11.7. The molecule has 3 nitrogen and oxygen atoms in total. The number of aromatic hydroxyl groups is 3. The van der Waals surface area contributed by atoms with Crippen molar-refractivity contribution in [3.63, 3.8) is 0 Å². The van der Waals surface area contributed by atoms with Crippen molar-refractivity contribution in [3.05, 3.63) is 42.0 Å². The van der Waals surface area contributed by atoms with Gasteiger partial charge >= 0.3 is 0 Å². The molecule has 0 aliphatic rings. The average molecular weight is 216 g/mol. The number of hydrogen-bond donors (Lipinski definition) is 3. The second-order valence-corrected chi connectivity index (χ2v) is 3.67. The Morgan fingerprint density at radius 1 is 0.750 bits per heavy atom. The fourth-order valence-corrected chi connectivity index (χ4v) is 1.67. The largest absolute Gasteiger partial charge is 0.507 e. The van der Waals surface area contributed by atoms with Crippen molar-refractivity contribution in [2.24, 2.45) is 0 Å². The molecule has 0 fully saturated rings. The maximum absolute atomic E-state index is 9.70. The lowest BCUT2D eigenvalue weighted by molar-refractivity contribution is 0.403. The predicted molar refractivity (Wildman–Crippen MR) is 61.6 cm³/mol. The van der Waals surface area contributed by atoms with E-state index >= 15 is 0 Å². The molecular formula is C13H12O3. The number of hydrogen-bond acceptors (Lipinski definition) is 3. The standard InChI is InChI=1S/C13H12O3/c1-8-6-12(15)13(16)7-10(8)9-4-2-3-5-11(9)14/h2-7,14-16H,1H3. The van der Waals surface area contributed by atoms with Gasteiger partial charge in [-0.25, -0.2) is 0 Å². The van der Waals surface area contributed by atoms with Crippen molar-refractivity contribution in [3.8, 4) is 28.4 Å². The van der Waals surface area contributed by atoms with Crippen LogP contribution in [0.4, 0.5) is 0 Å². The van der Waals surface area contributed by atoms with Crippen LogP contribution in [0.15, 0.2) is 36.4 Å². The van der Waals surface area contributed by atoms with Gasteiger partial charge in [-0.2, -0.15) is 0 Å². The lowest BCUT2D eigenvalue weighted by atomic mass is 9.99. The van der Waals surface area contributed by atoms with Gasteiger partial charge in [0.05, 0.1) is 0 Å². The van der Waals surface area contributed by atoms with E-state index in [9.17, 15) is 15.3 Å². The zero-order valence-electron chi connectivity index (χ0n) is 8.81. The maximum Gasteiger partial charge on any atom is 0.158 e. The molecule has 2 aromatic carbocycles. The number of para-hydroxylation sites is 1. The first-order valence-electron chi connectivity index (χ1n) is 4.90. The molecule has 0 heterocycles. The Morgan fingerprint density at radius 2 is 1.38 bits per heavy atom. The summed E-state index contributed by atoms with van der Waals surface area (Å²) in [6, 6.07) is 9.79. The SMILES string of the molecule is Cc1cc(O)c(O)cc1-c1ccccc1O. The molecule has 3 heteroatoms. The third-order valence-electron chi connectivity index (χ3n) is 2.52. The normalized spacial score (nSPS) is 10.3. The number of phenolic OH excluding ortho intramolecular Hbond substituents is 3. The van der Waals surface area contributed by atoms with Crippen molar-refractivity contribution >= 4 is 0 Å². The first kappa shape index (κ1) is 10.4. The minimum atomic E-state index is -0.191. The zero-order valence-corrected chi connectivity index (χ0v) is 8.81. The van der Waals surface area contributed by atoms with E-state index in [1.54, 1.807) is 31.2 Å². The number of aryl methyl sites for hydroxylation is 1. The van der Waals surface area contributed by atoms with Crippen LogP contribution in [0.2, 0.25) is 0 Å². The van der Waals surface area contributed by atoms with Crippen molar-refractivity contribution in [1.29, 1.82) is 0 Å². The van der Waals surface area contributed by atoms with Crippen LogP contribution in [0.25, 0.3) is 11.1 Å². The Labute approximate surface area is 93.2 Å². The van der Waals surface area contributed by atoms with Crippen molar-refractivity contribution < 1.29 is 15.3 Å². The quantitative estimate of drug-likeness (QED) is 0.642. The topological polar surface area (TPSA) is 60.7 Å². The smallest absolute Gasteiger partial charge is 0.158 e. The van der Waals surface area contributed by atoms with Gasteiger partial charge in [-0.15, -0.1) is 0 Å². The molecule has 0 aliphatic heterocycles. The van der Waals surface area contributed by atoms with Gasteiger partial charge in [0.2, 0.25) is 0 Å². The van der Waals surface area contributed by atoms with Crippen molar-refractivity contribution in [2.75, 3.05) is 0 Å². The van der Waals surface area contributed by atoms with Crippen LogP contribution in [0.5, 0.6) is 17.2 Å². The van der Waals surface area contributed by atoms with Gasteiger partial charge in [0.15, 0.2) is 11.5 Å². The summed E-state index contributed by atoms with van der Waals surface area (Å²) in [6.07, 6.45) is 0. The molecule has 0 spiro atoms. The molecule has 0 amide bonds. The van der Waals surface area contributed by atoms with E-state index in [1.807, 2.05) is 0 Å². The lowest BCUT2D eigenvalue weighted by Gasteiger charge is -2.09. The molecule has 0 saturated heterocycles. The molecule has 3 N–H and O–H groups in total. The van der Waals surface area contributed by atoms with Gasteiger partial charge in [0.1, 0.15) is 5.75 Å². The molecule has 0 aromatic heterocycles. The minimum absolute atomic E-state index is 0.149. The second kappa shape index (κ2) is 3.77. The van der Waals surface area contributed by atoms with Crippen molar-refractivity contribution in [1.82, 2.24) is 0 Å². The summed E-state index contributed by atoms with van der Waals surface area (Å²) in [5.74, 6) is -0.198. The predicted octanol–water partition coefficient (Wildman–Crippen LogP) is 2.78. The number of benzene rings is 2. The summed E-state index contributed by atoms with van der Waals surface area (Å²) in [7, 11) is 0. The molecule has 16 heavy (non-hydrogen) atoms. The summed E-state index contributed by atoms with van der Waals surface area (Å²) in [5, 5.41) is 28.5. The van der Waals surface area contributed by atoms with Crippen LogP contribution in [-0.2, 0) is 0 Å². The van der Waals surface area contributed by atoms with Crippen LogP contribution < -0.4 is 0 Å². The minimum Gasteiger partial charge on any atom is -0.507 e. The highest BCUT2D eigenvalue weighted by molar-refractivity contribution is 5.75. The molecule has 0 unspecified atom stereocenters. The third-order valence-corrected chi connectivity index (χ3v) is 2.52. The molecule has 0 radical (unpaired) electrons. The Bertz CT molecular complexity index is 533. The molecule has 0 bridgehead atoms. The van der Waals surface area contributed by atoms with E-state index in [-0.39, 0.29) is 17.2 Å². The Balaban J connectivity index is 2.65. The molecule has 0 atom stereocenters. The number of phenols is 3. The van der Waals surface area contributed by atoms with Gasteiger partial charge in [0, 0.05) is 5.56 Å². The van der Waals surface area contributed by atoms with E-state index < -0.39 is 0 Å². The van der Waals surface area contributed by atoms with Crippen LogP contribution in [0, 0.1) is 6.92 Å². The van der Waals surface area contributed by atoms with Crippen LogP contribution in [-0.4, -0.2) is 15.3 Å². The van der Waals surface area contributed by atoms with Gasteiger partial charge < -0.3 is 15.3 Å². The monoisotopic (exact) mass is 216 g/mol. The van der Waals surface area contributed by atoms with E-state index in [1.165, 1.54) is 12.1 Å². The van der Waals surface area contributed by atoms with E-state index in [4.69, 9.17) is 0 Å². The molecule has 0 saturated carbocycles. The molecule has 82 valence electrons. The molecular weight excluding hydrogens is 204 g/mol. The third kappa shape index (κ3) is 1.67. The van der Waals surface area contributed by atoms with Gasteiger partial charge in [0.25, 0.3) is 0 Å². The second-order valence-electron chi connectivity index (χ2n) is 3.67. The van der Waals surface area contributed by atoms with Crippen LogP contribution in [0.1, 0.15) is 5.56 Å². The van der Waals surface area contributed by atoms with Gasteiger partial charge in [-0.1, -0.05) is 18.2 Å². The Hall–Kier alpha value is -2.16. The maximum atomic E-state index is 9.70. The Morgan fingerprint density at radius 3 is 2.06 bits per heavy atom. The summed E-state index contributed by atoms with van der Waals surface area (Å²) in [5.41, 5.74) is 2.13. The van der Waals surface area contributed by atoms with E-state index in [2.05, 4.69) is 0 Å². The summed E-state index contributed by atoms with van der Waals surface area (Å²) in [4.78, 5) is 0. The highest BCUT2D eigenvalue weighted by Gasteiger charge is 2.10. The molecule has 2 aromatic rings. The van der Waals surface area contributed by atoms with Gasteiger partial charge in [-0.05, 0) is 36.2 Å². The summed E-state index contributed by atoms with van der Waals surface area (Å²) >= 11 is 0. The molecule has 2 rings (SSSR count). The summed E-state index contributed by atoms with van der Waals surface area (Å²) in [6.45, 7) is 1.81. The fraction of sp³-hybridized carbons (Fsp3) is 0.0769. The lowest BCUT2D eigenvalue weighted by Crippen LogP contribution is -1.84. The first-order chi connectivity index (χ1) is 7.59.